The molecule has 2 N–H and O–H groups in total. The van der Waals surface area contributed by atoms with E-state index < -0.39 is 9.84 Å². The van der Waals surface area contributed by atoms with Gasteiger partial charge in [-0.1, -0.05) is 19.3 Å². The van der Waals surface area contributed by atoms with Crippen molar-refractivity contribution in [3.63, 3.8) is 0 Å². The Labute approximate surface area is 116 Å². The van der Waals surface area contributed by atoms with Crippen molar-refractivity contribution in [2.45, 2.75) is 57.5 Å². The molecule has 112 valence electrons. The molecule has 0 aromatic rings. The van der Waals surface area contributed by atoms with Crippen LogP contribution in [-0.4, -0.2) is 45.0 Å². The number of amides is 1. The third-order valence-corrected chi connectivity index (χ3v) is 4.52. The maximum atomic E-state index is 11.9. The Morgan fingerprint density at radius 1 is 1.26 bits per heavy atom. The molecule has 1 unspecified atom stereocenters. The minimum Gasteiger partial charge on any atom is -0.352 e. The molecule has 0 aromatic carbocycles. The molecule has 0 aromatic heterocycles. The third-order valence-electron chi connectivity index (χ3n) is 3.49. The summed E-state index contributed by atoms with van der Waals surface area (Å²) in [5, 5.41) is 6.12. The van der Waals surface area contributed by atoms with E-state index in [0.29, 0.717) is 19.0 Å². The molecule has 5 nitrogen and oxygen atoms in total. The minimum atomic E-state index is -2.91. The highest BCUT2D eigenvalue weighted by molar-refractivity contribution is 7.90. The van der Waals surface area contributed by atoms with Crippen LogP contribution < -0.4 is 10.6 Å². The van der Waals surface area contributed by atoms with Crippen molar-refractivity contribution < 1.29 is 13.2 Å². The lowest BCUT2D eigenvalue weighted by atomic mass is 9.95. The second kappa shape index (κ2) is 7.85. The van der Waals surface area contributed by atoms with E-state index in [2.05, 4.69) is 10.6 Å². The van der Waals surface area contributed by atoms with Crippen LogP contribution in [0.3, 0.4) is 0 Å². The number of hydrogen-bond acceptors (Lipinski definition) is 4. The van der Waals surface area contributed by atoms with Gasteiger partial charge in [0, 0.05) is 12.3 Å². The molecular weight excluding hydrogens is 264 g/mol. The average molecular weight is 290 g/mol. The zero-order valence-corrected chi connectivity index (χ0v) is 12.8. The summed E-state index contributed by atoms with van der Waals surface area (Å²) in [5.41, 5.74) is 0. The molecule has 1 fully saturated rings. The molecule has 0 heterocycles. The van der Waals surface area contributed by atoms with Crippen molar-refractivity contribution >= 4 is 15.7 Å². The summed E-state index contributed by atoms with van der Waals surface area (Å²) in [7, 11) is -2.91. The fraction of sp³-hybridized carbons (Fsp3) is 0.923. The van der Waals surface area contributed by atoms with Crippen molar-refractivity contribution in [2.24, 2.45) is 0 Å². The van der Waals surface area contributed by atoms with Crippen LogP contribution in [0.1, 0.15) is 45.4 Å². The summed E-state index contributed by atoms with van der Waals surface area (Å²) in [6.45, 7) is 2.37. The Morgan fingerprint density at radius 3 is 2.47 bits per heavy atom. The first-order chi connectivity index (χ1) is 8.88. The first kappa shape index (κ1) is 16.4. The van der Waals surface area contributed by atoms with E-state index in [9.17, 15) is 13.2 Å². The van der Waals surface area contributed by atoms with Crippen molar-refractivity contribution in [1.29, 1.82) is 0 Å². The number of carbonyl (C=O) groups is 1. The van der Waals surface area contributed by atoms with Crippen molar-refractivity contribution in [3.05, 3.63) is 0 Å². The highest BCUT2D eigenvalue weighted by Crippen LogP contribution is 2.17. The summed E-state index contributed by atoms with van der Waals surface area (Å²) in [4.78, 5) is 11.9. The van der Waals surface area contributed by atoms with Crippen molar-refractivity contribution in [2.75, 3.05) is 18.6 Å². The largest absolute Gasteiger partial charge is 0.352 e. The van der Waals surface area contributed by atoms with E-state index in [0.717, 1.165) is 12.8 Å². The smallest absolute Gasteiger partial charge is 0.237 e. The van der Waals surface area contributed by atoms with Gasteiger partial charge in [0.2, 0.25) is 5.91 Å². The van der Waals surface area contributed by atoms with Crippen LogP contribution in [0.4, 0.5) is 0 Å². The molecule has 0 radical (unpaired) electrons. The maximum Gasteiger partial charge on any atom is 0.237 e. The molecule has 1 amide bonds. The molecular formula is C13H26N2O3S. The van der Waals surface area contributed by atoms with Gasteiger partial charge in [0.1, 0.15) is 9.84 Å². The van der Waals surface area contributed by atoms with Gasteiger partial charge in [-0.25, -0.2) is 8.42 Å². The lowest BCUT2D eigenvalue weighted by molar-refractivity contribution is -0.123. The Morgan fingerprint density at radius 2 is 1.89 bits per heavy atom. The fourth-order valence-corrected chi connectivity index (χ4v) is 2.99. The topological polar surface area (TPSA) is 75.3 Å². The van der Waals surface area contributed by atoms with Gasteiger partial charge < -0.3 is 10.6 Å². The summed E-state index contributed by atoms with van der Waals surface area (Å²) in [6.07, 6.45) is 7.58. The molecule has 19 heavy (non-hydrogen) atoms. The predicted octanol–water partition coefficient (Wildman–Crippen LogP) is 0.848. The fourth-order valence-electron chi connectivity index (χ4n) is 2.32. The summed E-state index contributed by atoms with van der Waals surface area (Å²) >= 11 is 0. The summed E-state index contributed by atoms with van der Waals surface area (Å²) in [5.74, 6) is 0.183. The van der Waals surface area contributed by atoms with Crippen LogP contribution in [0.25, 0.3) is 0 Å². The van der Waals surface area contributed by atoms with Crippen molar-refractivity contribution in [3.8, 4) is 0 Å². The lowest BCUT2D eigenvalue weighted by Gasteiger charge is -2.24. The Balaban J connectivity index is 2.17. The molecule has 1 saturated carbocycles. The summed E-state index contributed by atoms with van der Waals surface area (Å²) in [6, 6.07) is 0.0583. The lowest BCUT2D eigenvalue weighted by Crippen LogP contribution is -2.47. The molecule has 1 aliphatic rings. The normalized spacial score (nSPS) is 19.1. The number of sulfone groups is 1. The standard InChI is InChI=1S/C13H26N2O3S/c1-11(14-9-6-10-19(2,17)18)13(16)15-12-7-4-3-5-8-12/h11-12,14H,3-10H2,1-2H3,(H,15,16). The van der Waals surface area contributed by atoms with Crippen LogP contribution in [0.2, 0.25) is 0 Å². The molecule has 0 spiro atoms. The van der Waals surface area contributed by atoms with Gasteiger partial charge in [0.15, 0.2) is 0 Å². The van der Waals surface area contributed by atoms with Gasteiger partial charge in [-0.15, -0.1) is 0 Å². The van der Waals surface area contributed by atoms with Gasteiger partial charge in [-0.05, 0) is 32.7 Å². The quantitative estimate of drug-likeness (QED) is 0.682. The van der Waals surface area contributed by atoms with Crippen LogP contribution in [0.15, 0.2) is 0 Å². The van der Waals surface area contributed by atoms with Gasteiger partial charge in [-0.3, -0.25) is 4.79 Å². The Bertz CT molecular complexity index is 375. The maximum absolute atomic E-state index is 11.9. The average Bonchev–Trinajstić information content (AvgIpc) is 2.34. The van der Waals surface area contributed by atoms with Gasteiger partial charge in [0.05, 0.1) is 11.8 Å². The number of carbonyl (C=O) groups excluding carboxylic acids is 1. The van der Waals surface area contributed by atoms with Crippen LogP contribution in [0, 0.1) is 0 Å². The van der Waals surface area contributed by atoms with Crippen LogP contribution in [-0.2, 0) is 14.6 Å². The van der Waals surface area contributed by atoms with Gasteiger partial charge in [-0.2, -0.15) is 0 Å². The zero-order valence-electron chi connectivity index (χ0n) is 11.9. The molecule has 0 saturated heterocycles. The second-order valence-electron chi connectivity index (χ2n) is 5.50. The highest BCUT2D eigenvalue weighted by atomic mass is 32.2. The SMILES string of the molecule is CC(NCCCS(C)(=O)=O)C(=O)NC1CCCCC1. The number of nitrogens with one attached hydrogen (secondary N) is 2. The predicted molar refractivity (Wildman–Crippen MR) is 76.8 cm³/mol. The Hall–Kier alpha value is -0.620. The monoisotopic (exact) mass is 290 g/mol. The second-order valence-corrected chi connectivity index (χ2v) is 7.76. The molecule has 1 atom stereocenters. The van der Waals surface area contributed by atoms with E-state index in [1.807, 2.05) is 6.92 Å². The van der Waals surface area contributed by atoms with Gasteiger partial charge in [0.25, 0.3) is 0 Å². The van der Waals surface area contributed by atoms with Crippen molar-refractivity contribution in [1.82, 2.24) is 10.6 Å². The third kappa shape index (κ3) is 7.52. The van der Waals surface area contributed by atoms with Gasteiger partial charge >= 0.3 is 0 Å². The van der Waals surface area contributed by atoms with E-state index in [-0.39, 0.29) is 17.7 Å². The van der Waals surface area contributed by atoms with E-state index in [4.69, 9.17) is 0 Å². The molecule has 0 aliphatic heterocycles. The van der Waals surface area contributed by atoms with Crippen LogP contribution >= 0.6 is 0 Å². The van der Waals surface area contributed by atoms with Crippen LogP contribution in [0.5, 0.6) is 0 Å². The highest BCUT2D eigenvalue weighted by Gasteiger charge is 2.19. The minimum absolute atomic E-state index is 0.0197. The van der Waals surface area contributed by atoms with E-state index in [1.54, 1.807) is 0 Å². The van der Waals surface area contributed by atoms with E-state index in [1.165, 1.54) is 25.5 Å². The number of hydrogen-bond donors (Lipinski definition) is 2. The zero-order chi connectivity index (χ0) is 14.3. The molecule has 1 aliphatic carbocycles. The first-order valence-corrected chi connectivity index (χ1v) is 9.16. The first-order valence-electron chi connectivity index (χ1n) is 7.10. The summed E-state index contributed by atoms with van der Waals surface area (Å²) < 4.78 is 21.9. The molecule has 6 heteroatoms. The molecule has 1 rings (SSSR count). The Kier molecular flexibility index (Phi) is 6.79. The number of rotatable bonds is 7. The van der Waals surface area contributed by atoms with E-state index >= 15 is 0 Å². The molecule has 0 bridgehead atoms.